The van der Waals surface area contributed by atoms with Gasteiger partial charge in [0.25, 0.3) is 6.08 Å². The predicted octanol–water partition coefficient (Wildman–Crippen LogP) is 1.58. The molecule has 1 atom stereocenters. The lowest BCUT2D eigenvalue weighted by atomic mass is 10.0. The number of carbonyl (C=O) groups excluding carboxylic acids is 2. The van der Waals surface area contributed by atoms with E-state index in [2.05, 4.69) is 9.99 Å². The first-order valence-electron chi connectivity index (χ1n) is 4.08. The molecular formula is C10H9NO3. The van der Waals surface area contributed by atoms with Crippen molar-refractivity contribution in [2.45, 2.75) is 12.8 Å². The summed E-state index contributed by atoms with van der Waals surface area (Å²) < 4.78 is 0. The van der Waals surface area contributed by atoms with Crippen molar-refractivity contribution < 1.29 is 14.4 Å². The van der Waals surface area contributed by atoms with Gasteiger partial charge in [-0.2, -0.15) is 0 Å². The van der Waals surface area contributed by atoms with Gasteiger partial charge in [-0.25, -0.2) is 9.59 Å². The minimum atomic E-state index is -0.570. The summed E-state index contributed by atoms with van der Waals surface area (Å²) in [6.45, 7) is 1.68. The average molecular weight is 191 g/mol. The fraction of sp³-hybridized carbons (Fsp3) is 0.200. The first-order chi connectivity index (χ1) is 6.75. The van der Waals surface area contributed by atoms with Crippen molar-refractivity contribution in [2.75, 3.05) is 0 Å². The van der Waals surface area contributed by atoms with Crippen molar-refractivity contribution in [3.63, 3.8) is 0 Å². The normalized spacial score (nSPS) is 11.2. The Hall–Kier alpha value is -1.93. The molecule has 0 aliphatic heterocycles. The lowest BCUT2D eigenvalue weighted by Crippen LogP contribution is -2.10. The van der Waals surface area contributed by atoms with Crippen LogP contribution in [0.4, 0.5) is 0 Å². The number of carbonyl (C=O) groups is 1. The third-order valence-electron chi connectivity index (χ3n) is 1.83. The van der Waals surface area contributed by atoms with E-state index in [1.807, 2.05) is 18.2 Å². The predicted molar refractivity (Wildman–Crippen MR) is 49.1 cm³/mol. The summed E-state index contributed by atoms with van der Waals surface area (Å²) in [7, 11) is 0. The molecule has 0 amide bonds. The summed E-state index contributed by atoms with van der Waals surface area (Å²) in [4.78, 5) is 25.2. The van der Waals surface area contributed by atoms with E-state index < -0.39 is 11.9 Å². The van der Waals surface area contributed by atoms with E-state index in [-0.39, 0.29) is 0 Å². The van der Waals surface area contributed by atoms with Gasteiger partial charge in [-0.1, -0.05) is 30.3 Å². The second-order valence-corrected chi connectivity index (χ2v) is 2.73. The molecule has 0 N–H and O–H groups in total. The van der Waals surface area contributed by atoms with Crippen molar-refractivity contribution in [3.8, 4) is 0 Å². The Morgan fingerprint density at radius 1 is 1.43 bits per heavy atom. The largest absolute Gasteiger partial charge is 0.343 e. The second-order valence-electron chi connectivity index (χ2n) is 2.73. The van der Waals surface area contributed by atoms with Gasteiger partial charge in [0.15, 0.2) is 0 Å². The van der Waals surface area contributed by atoms with Crippen LogP contribution in [0, 0.1) is 0 Å². The lowest BCUT2D eigenvalue weighted by molar-refractivity contribution is -0.145. The maximum atomic E-state index is 11.2. The SMILES string of the molecule is CC(C(=O)ON=C=O)c1ccccc1. The molecule has 1 aromatic rings. The molecule has 1 aromatic carbocycles. The smallest absolute Gasteiger partial charge is 0.306 e. The Kier molecular flexibility index (Phi) is 3.58. The molecule has 0 saturated heterocycles. The number of hydrogen-bond donors (Lipinski definition) is 0. The molecule has 0 radical (unpaired) electrons. The lowest BCUT2D eigenvalue weighted by Gasteiger charge is -2.06. The molecule has 0 aromatic heterocycles. The van der Waals surface area contributed by atoms with E-state index in [9.17, 15) is 9.59 Å². The van der Waals surface area contributed by atoms with Gasteiger partial charge < -0.3 is 4.84 Å². The number of hydrogen-bond acceptors (Lipinski definition) is 4. The Morgan fingerprint density at radius 2 is 2.07 bits per heavy atom. The van der Waals surface area contributed by atoms with E-state index in [1.165, 1.54) is 0 Å². The molecule has 1 rings (SSSR count). The maximum Gasteiger partial charge on any atom is 0.343 e. The van der Waals surface area contributed by atoms with Crippen molar-refractivity contribution in [1.29, 1.82) is 0 Å². The summed E-state index contributed by atoms with van der Waals surface area (Å²) >= 11 is 0. The third-order valence-corrected chi connectivity index (χ3v) is 1.83. The van der Waals surface area contributed by atoms with Gasteiger partial charge in [0.05, 0.1) is 5.92 Å². The van der Waals surface area contributed by atoms with E-state index in [1.54, 1.807) is 19.1 Å². The molecule has 4 heteroatoms. The van der Waals surface area contributed by atoms with Gasteiger partial charge in [0, 0.05) is 5.16 Å². The highest BCUT2D eigenvalue weighted by atomic mass is 16.7. The zero-order chi connectivity index (χ0) is 10.4. The highest BCUT2D eigenvalue weighted by molar-refractivity contribution is 5.77. The Morgan fingerprint density at radius 3 is 2.64 bits per heavy atom. The van der Waals surface area contributed by atoms with Crippen LogP contribution in [-0.4, -0.2) is 12.0 Å². The fourth-order valence-electron chi connectivity index (χ4n) is 1.02. The van der Waals surface area contributed by atoms with Crippen molar-refractivity contribution >= 4 is 12.0 Å². The van der Waals surface area contributed by atoms with Gasteiger partial charge in [0.1, 0.15) is 0 Å². The monoisotopic (exact) mass is 191 g/mol. The van der Waals surface area contributed by atoms with Crippen LogP contribution in [0.15, 0.2) is 35.5 Å². The van der Waals surface area contributed by atoms with Crippen LogP contribution in [-0.2, 0) is 14.4 Å². The van der Waals surface area contributed by atoms with Crippen LogP contribution in [0.25, 0.3) is 0 Å². The molecule has 4 nitrogen and oxygen atoms in total. The summed E-state index contributed by atoms with van der Waals surface area (Å²) in [6.07, 6.45) is 1.14. The summed E-state index contributed by atoms with van der Waals surface area (Å²) in [5, 5.41) is 2.76. The van der Waals surface area contributed by atoms with Crippen LogP contribution < -0.4 is 0 Å². The van der Waals surface area contributed by atoms with Gasteiger partial charge in [0.2, 0.25) is 0 Å². The minimum absolute atomic E-state index is 0.437. The molecule has 72 valence electrons. The number of nitrogens with zero attached hydrogens (tertiary/aromatic N) is 1. The third kappa shape index (κ3) is 2.54. The molecule has 0 spiro atoms. The quantitative estimate of drug-likeness (QED) is 0.315. The fourth-order valence-corrected chi connectivity index (χ4v) is 1.02. The molecule has 14 heavy (non-hydrogen) atoms. The van der Waals surface area contributed by atoms with Crippen LogP contribution in [0.2, 0.25) is 0 Å². The van der Waals surface area contributed by atoms with Gasteiger partial charge in [-0.05, 0) is 12.5 Å². The van der Waals surface area contributed by atoms with E-state index in [0.29, 0.717) is 0 Å². The van der Waals surface area contributed by atoms with Crippen molar-refractivity contribution in [2.24, 2.45) is 5.16 Å². The molecular weight excluding hydrogens is 182 g/mol. The summed E-state index contributed by atoms with van der Waals surface area (Å²) in [5.74, 6) is -1.01. The molecule has 0 aliphatic rings. The molecule has 0 heterocycles. The van der Waals surface area contributed by atoms with E-state index in [4.69, 9.17) is 0 Å². The molecule has 0 fully saturated rings. The van der Waals surface area contributed by atoms with Gasteiger partial charge >= 0.3 is 5.97 Å². The standard InChI is InChI=1S/C10H9NO3/c1-8(10(13)14-11-7-12)9-5-3-2-4-6-9/h2-6,8H,1H3. The first kappa shape index (κ1) is 10.2. The number of isocyanates is 1. The van der Waals surface area contributed by atoms with Crippen molar-refractivity contribution in [3.05, 3.63) is 35.9 Å². The highest BCUT2D eigenvalue weighted by Gasteiger charge is 2.16. The zero-order valence-corrected chi connectivity index (χ0v) is 7.64. The number of rotatable bonds is 3. The molecule has 0 saturated carbocycles. The Labute approximate surface area is 81.2 Å². The molecule has 0 aliphatic carbocycles. The van der Waals surface area contributed by atoms with Crippen LogP contribution in [0.3, 0.4) is 0 Å². The molecule has 1 unspecified atom stereocenters. The van der Waals surface area contributed by atoms with Crippen LogP contribution in [0.1, 0.15) is 18.4 Å². The summed E-state index contributed by atoms with van der Waals surface area (Å²) in [6, 6.07) is 9.10. The Bertz CT molecular complexity index is 355. The molecule has 0 bridgehead atoms. The summed E-state index contributed by atoms with van der Waals surface area (Å²) in [5.41, 5.74) is 0.818. The number of benzene rings is 1. The average Bonchev–Trinajstić information content (AvgIpc) is 2.26. The highest BCUT2D eigenvalue weighted by Crippen LogP contribution is 2.15. The maximum absolute atomic E-state index is 11.2. The van der Waals surface area contributed by atoms with Gasteiger partial charge in [-0.15, -0.1) is 0 Å². The zero-order valence-electron chi connectivity index (χ0n) is 7.64. The first-order valence-corrected chi connectivity index (χ1v) is 4.08. The second kappa shape index (κ2) is 4.94. The minimum Gasteiger partial charge on any atom is -0.306 e. The Balaban J connectivity index is 2.70. The topological polar surface area (TPSA) is 55.7 Å². The van der Waals surface area contributed by atoms with Crippen LogP contribution >= 0.6 is 0 Å². The van der Waals surface area contributed by atoms with Crippen molar-refractivity contribution in [1.82, 2.24) is 0 Å². The van der Waals surface area contributed by atoms with E-state index in [0.717, 1.165) is 11.6 Å². The van der Waals surface area contributed by atoms with Crippen LogP contribution in [0.5, 0.6) is 0 Å². The van der Waals surface area contributed by atoms with E-state index >= 15 is 0 Å². The van der Waals surface area contributed by atoms with Gasteiger partial charge in [-0.3, -0.25) is 0 Å².